The fourth-order valence-corrected chi connectivity index (χ4v) is 0. The average Bonchev–Trinajstić information content (AvgIpc) is 1.69. The Hall–Kier alpha value is -0.470. The molecule has 0 unspecified atom stereocenters. The van der Waals surface area contributed by atoms with E-state index in [-0.39, 0.29) is 14.1 Å². The third-order valence-electron chi connectivity index (χ3n) is 0.183. The third-order valence-corrected chi connectivity index (χ3v) is 0.183. The quantitative estimate of drug-likeness (QED) is 0.501. The summed E-state index contributed by atoms with van der Waals surface area (Å²) in [5.41, 5.74) is 4.65. The highest BCUT2D eigenvalue weighted by atomic mass is 19.1. The maximum atomic E-state index is 10.3. The minimum atomic E-state index is -0.250. The van der Waals surface area contributed by atoms with Crippen LogP contribution in [0.4, 0.5) is 4.39 Å². The smallest absolute Gasteiger partial charge is 0.0984 e. The summed E-state index contributed by atoms with van der Waals surface area (Å²) in [5, 5.41) is 3.24. The number of hydrogen-bond acceptors (Lipinski definition) is 1. The van der Waals surface area contributed by atoms with Crippen LogP contribution >= 0.6 is 0 Å². The van der Waals surface area contributed by atoms with Crippen molar-refractivity contribution >= 4 is 0 Å². The van der Waals surface area contributed by atoms with E-state index >= 15 is 0 Å². The molecular formula is C5H16FN2+. The van der Waals surface area contributed by atoms with E-state index in [1.165, 1.54) is 6.92 Å². The molecule has 0 aromatic rings. The molecule has 0 aromatic carbocycles. The first-order chi connectivity index (χ1) is 3.33. The van der Waals surface area contributed by atoms with Crippen molar-refractivity contribution in [3.8, 4) is 0 Å². The van der Waals surface area contributed by atoms with Crippen molar-refractivity contribution in [2.75, 3.05) is 13.2 Å². The van der Waals surface area contributed by atoms with Crippen LogP contribution in [0.1, 0.15) is 21.3 Å². The maximum Gasteiger partial charge on any atom is 0.0984 e. The summed E-state index contributed by atoms with van der Waals surface area (Å²) >= 11 is 0. The Morgan fingerprint density at radius 2 is 1.62 bits per heavy atom. The van der Waals surface area contributed by atoms with E-state index in [2.05, 4.69) is 10.6 Å². The van der Waals surface area contributed by atoms with E-state index < -0.39 is 0 Å². The maximum absolute atomic E-state index is 10.3. The van der Waals surface area contributed by atoms with E-state index in [9.17, 15) is 4.39 Å². The molecule has 0 saturated heterocycles. The van der Waals surface area contributed by atoms with Gasteiger partial charge in [-0.05, 0) is 19.0 Å². The first-order valence-electron chi connectivity index (χ1n) is 2.26. The van der Waals surface area contributed by atoms with Crippen molar-refractivity contribution in [3.63, 3.8) is 0 Å². The number of alkyl halides is 1. The van der Waals surface area contributed by atoms with E-state index in [1.54, 1.807) is 0 Å². The topological polar surface area (TPSA) is 38.0 Å². The van der Waals surface area contributed by atoms with Gasteiger partial charge in [0.2, 0.25) is 0 Å². The Labute approximate surface area is 50.6 Å². The summed E-state index contributed by atoms with van der Waals surface area (Å²) in [6.07, 6.45) is 0. The molecule has 0 aliphatic rings. The van der Waals surface area contributed by atoms with Gasteiger partial charge in [-0.15, -0.1) is 0 Å². The highest BCUT2D eigenvalue weighted by Crippen LogP contribution is 1.48. The Kier molecular flexibility index (Phi) is 61.0. The van der Waals surface area contributed by atoms with Crippen molar-refractivity contribution in [3.05, 3.63) is 0 Å². The van der Waals surface area contributed by atoms with Crippen LogP contribution in [0.5, 0.6) is 0 Å². The highest BCUT2D eigenvalue weighted by molar-refractivity contribution is 4.06. The number of hydrogen-bond donors (Lipinski definition) is 1. The fourth-order valence-electron chi connectivity index (χ4n) is 0. The van der Waals surface area contributed by atoms with Crippen LogP contribution in [0.2, 0.25) is 0 Å². The molecule has 0 rings (SSSR count). The lowest BCUT2D eigenvalue weighted by molar-refractivity contribution is -0.221. The third kappa shape index (κ3) is 404. The average molecular weight is 123 g/mol. The van der Waals surface area contributed by atoms with Gasteiger partial charge < -0.3 is 0 Å². The van der Waals surface area contributed by atoms with Crippen LogP contribution in [0.3, 0.4) is 0 Å². The molecular weight excluding hydrogens is 107 g/mol. The molecule has 2 nitrogen and oxygen atoms in total. The van der Waals surface area contributed by atoms with Gasteiger partial charge >= 0.3 is 0 Å². The summed E-state index contributed by atoms with van der Waals surface area (Å²) in [4.78, 5) is 0. The zero-order valence-corrected chi connectivity index (χ0v) is 4.82. The van der Waals surface area contributed by atoms with Crippen LogP contribution in [-0.2, 0) is 0 Å². The van der Waals surface area contributed by atoms with E-state index in [4.69, 9.17) is 0 Å². The predicted molar refractivity (Wildman–Crippen MR) is 33.3 cm³/mol. The van der Waals surface area contributed by atoms with Gasteiger partial charge in [0, 0.05) is 0 Å². The minimum Gasteiger partial charge on any atom is -0.251 e. The molecule has 0 amide bonds. The molecule has 0 radical (unpaired) electrons. The predicted octanol–water partition coefficient (Wildman–Crippen LogP) is 0.829. The summed E-state index contributed by atoms with van der Waals surface area (Å²) < 4.78 is 10.3. The van der Waals surface area contributed by atoms with E-state index in [1.807, 2.05) is 6.92 Å². The second-order valence-corrected chi connectivity index (χ2v) is 0.766. The minimum absolute atomic E-state index is 0. The normalized spacial score (nSPS) is 5.38. The highest BCUT2D eigenvalue weighted by Gasteiger charge is 1.52. The first kappa shape index (κ1) is 15.6. The first-order valence-corrected chi connectivity index (χ1v) is 2.26. The van der Waals surface area contributed by atoms with Crippen LogP contribution in [0.25, 0.3) is 0 Å². The standard InChI is InChI=1S/C2H5F.C2H6N2.CH4/c1-2-3;1-2-4-3;/h2H2,1H3;3H,2H2,1H3;1H4/p+1. The molecule has 0 spiro atoms. The Morgan fingerprint density at radius 1 is 1.50 bits per heavy atom. The molecule has 0 saturated carbocycles. The van der Waals surface area contributed by atoms with Crippen LogP contribution in [0.15, 0.2) is 5.11 Å². The van der Waals surface area contributed by atoms with Gasteiger partial charge in [0.15, 0.2) is 0 Å². The SMILES string of the molecule is C.CCF.CCN=[NH2+]. The summed E-state index contributed by atoms with van der Waals surface area (Å²) in [7, 11) is 0. The zero-order valence-electron chi connectivity index (χ0n) is 4.82. The van der Waals surface area contributed by atoms with Crippen molar-refractivity contribution in [1.82, 2.24) is 0 Å². The molecule has 0 heterocycles. The summed E-state index contributed by atoms with van der Waals surface area (Å²) in [6, 6.07) is 0. The summed E-state index contributed by atoms with van der Waals surface area (Å²) in [6.45, 7) is 3.82. The molecule has 0 aromatic heterocycles. The Bertz CT molecular complexity index is 31.6. The second kappa shape index (κ2) is 31.2. The molecule has 0 atom stereocenters. The van der Waals surface area contributed by atoms with Gasteiger partial charge in [0.1, 0.15) is 0 Å². The van der Waals surface area contributed by atoms with Crippen LogP contribution in [-0.4, -0.2) is 13.2 Å². The van der Waals surface area contributed by atoms with Gasteiger partial charge in [-0.2, -0.15) is 5.53 Å². The van der Waals surface area contributed by atoms with Crippen LogP contribution < -0.4 is 5.53 Å². The number of nitrogens with zero attached hydrogens (tertiary/aromatic N) is 1. The molecule has 0 aliphatic carbocycles. The second-order valence-electron chi connectivity index (χ2n) is 0.766. The monoisotopic (exact) mass is 123 g/mol. The van der Waals surface area contributed by atoms with Crippen molar-refractivity contribution in [2.24, 2.45) is 5.11 Å². The molecule has 0 fully saturated rings. The Morgan fingerprint density at radius 3 is 1.62 bits per heavy atom. The molecule has 8 heavy (non-hydrogen) atoms. The number of halogens is 1. The lowest BCUT2D eigenvalue weighted by Gasteiger charge is -1.50. The van der Waals surface area contributed by atoms with Gasteiger partial charge in [-0.25, -0.2) is 0 Å². The van der Waals surface area contributed by atoms with Gasteiger partial charge in [0.05, 0.1) is 13.2 Å². The van der Waals surface area contributed by atoms with E-state index in [0.717, 1.165) is 6.54 Å². The molecule has 52 valence electrons. The molecule has 3 heteroatoms. The van der Waals surface area contributed by atoms with Gasteiger partial charge in [-0.3, -0.25) is 4.39 Å². The number of nitrogens with two attached hydrogens (primary N) is 1. The molecule has 2 N–H and O–H groups in total. The Balaban J connectivity index is -0.0000000575. The largest absolute Gasteiger partial charge is 0.251 e. The fraction of sp³-hybridized carbons (Fsp3) is 1.00. The van der Waals surface area contributed by atoms with Gasteiger partial charge in [-0.1, -0.05) is 7.43 Å². The lowest BCUT2D eigenvalue weighted by atomic mass is 10.8. The van der Waals surface area contributed by atoms with Crippen molar-refractivity contribution in [2.45, 2.75) is 21.3 Å². The molecule has 0 bridgehead atoms. The van der Waals surface area contributed by atoms with Gasteiger partial charge in [0.25, 0.3) is 0 Å². The summed E-state index contributed by atoms with van der Waals surface area (Å²) in [5.74, 6) is 0. The van der Waals surface area contributed by atoms with E-state index in [0.29, 0.717) is 0 Å². The lowest BCUT2D eigenvalue weighted by Crippen LogP contribution is -2.23. The molecule has 0 aliphatic heterocycles. The van der Waals surface area contributed by atoms with Crippen molar-refractivity contribution < 1.29 is 9.92 Å². The zero-order chi connectivity index (χ0) is 6.12. The number of rotatable bonds is 1. The van der Waals surface area contributed by atoms with Crippen molar-refractivity contribution in [1.29, 1.82) is 0 Å². The van der Waals surface area contributed by atoms with Crippen LogP contribution in [0, 0.1) is 0 Å².